The van der Waals surface area contributed by atoms with Crippen LogP contribution in [0.5, 0.6) is 5.75 Å². The molecule has 0 aliphatic carbocycles. The molecular weight excluding hydrogens is 353 g/mol. The molecule has 1 N–H and O–H groups in total. The van der Waals surface area contributed by atoms with E-state index < -0.39 is 41.4 Å². The number of ketones is 2. The normalized spacial score (nSPS) is 11.1. The minimum absolute atomic E-state index is 0.136. The second kappa shape index (κ2) is 7.38. The van der Waals surface area contributed by atoms with E-state index in [-0.39, 0.29) is 16.7 Å². The van der Waals surface area contributed by atoms with Gasteiger partial charge in [-0.25, -0.2) is 4.79 Å². The Morgan fingerprint density at radius 2 is 1.54 bits per heavy atom. The van der Waals surface area contributed by atoms with Crippen molar-refractivity contribution < 1.29 is 37.4 Å². The van der Waals surface area contributed by atoms with Crippen molar-refractivity contribution in [2.45, 2.75) is 12.6 Å². The zero-order valence-electron chi connectivity index (χ0n) is 13.5. The van der Waals surface area contributed by atoms with Gasteiger partial charge in [-0.2, -0.15) is 13.2 Å². The highest BCUT2D eigenvalue weighted by atomic mass is 19.4. The van der Waals surface area contributed by atoms with Gasteiger partial charge in [0.1, 0.15) is 5.75 Å². The number of carbonyl (C=O) groups excluding carboxylic acids is 3. The van der Waals surface area contributed by atoms with Crippen molar-refractivity contribution in [1.82, 2.24) is 0 Å². The summed E-state index contributed by atoms with van der Waals surface area (Å²) in [4.78, 5) is 35.5. The fraction of sp³-hybridized carbons (Fsp3) is 0.167. The van der Waals surface area contributed by atoms with Crippen molar-refractivity contribution in [2.75, 3.05) is 7.11 Å². The Labute approximate surface area is 146 Å². The van der Waals surface area contributed by atoms with Crippen LogP contribution in [-0.2, 0) is 10.9 Å². The van der Waals surface area contributed by atoms with Gasteiger partial charge in [-0.1, -0.05) is 12.1 Å². The lowest BCUT2D eigenvalue weighted by atomic mass is 9.99. The first-order valence-electron chi connectivity index (χ1n) is 7.28. The van der Waals surface area contributed by atoms with E-state index in [1.807, 2.05) is 0 Å². The Bertz CT molecular complexity index is 854. The minimum Gasteiger partial charge on any atom is -0.507 e. The number of rotatable bonds is 5. The SMILES string of the molecule is COC(=O)c1ccc(C(=O)CC(=O)c2ccc(C(F)(F)F)cc2O)cc1. The van der Waals surface area contributed by atoms with Crippen LogP contribution in [0.3, 0.4) is 0 Å². The molecule has 0 atom stereocenters. The van der Waals surface area contributed by atoms with E-state index in [4.69, 9.17) is 0 Å². The number of phenols is 1. The molecule has 0 saturated heterocycles. The predicted octanol–water partition coefficient (Wildman–Crippen LogP) is 3.65. The van der Waals surface area contributed by atoms with Gasteiger partial charge in [-0.05, 0) is 30.3 Å². The summed E-state index contributed by atoms with van der Waals surface area (Å²) in [6, 6.07) is 7.26. The maximum atomic E-state index is 12.6. The molecule has 0 saturated carbocycles. The molecule has 136 valence electrons. The molecule has 8 heteroatoms. The summed E-state index contributed by atoms with van der Waals surface area (Å²) >= 11 is 0. The molecule has 2 aromatic rings. The molecule has 0 unspecified atom stereocenters. The first kappa shape index (κ1) is 19.2. The van der Waals surface area contributed by atoms with Gasteiger partial charge in [-0.3, -0.25) is 9.59 Å². The largest absolute Gasteiger partial charge is 0.507 e. The molecule has 26 heavy (non-hydrogen) atoms. The molecule has 5 nitrogen and oxygen atoms in total. The number of methoxy groups -OCH3 is 1. The molecule has 0 bridgehead atoms. The molecule has 0 aromatic heterocycles. The highest BCUT2D eigenvalue weighted by Crippen LogP contribution is 2.33. The summed E-state index contributed by atoms with van der Waals surface area (Å²) < 4.78 is 42.2. The lowest BCUT2D eigenvalue weighted by Crippen LogP contribution is -2.11. The van der Waals surface area contributed by atoms with Crippen LogP contribution in [0.4, 0.5) is 13.2 Å². The van der Waals surface area contributed by atoms with Crippen LogP contribution < -0.4 is 0 Å². The second-order valence-corrected chi connectivity index (χ2v) is 5.32. The smallest absolute Gasteiger partial charge is 0.416 e. The maximum Gasteiger partial charge on any atom is 0.416 e. The molecule has 0 heterocycles. The van der Waals surface area contributed by atoms with Gasteiger partial charge < -0.3 is 9.84 Å². The molecule has 2 rings (SSSR count). The van der Waals surface area contributed by atoms with Crippen molar-refractivity contribution in [3.05, 3.63) is 64.7 Å². The number of hydrogen-bond acceptors (Lipinski definition) is 5. The van der Waals surface area contributed by atoms with Crippen molar-refractivity contribution >= 4 is 17.5 Å². The van der Waals surface area contributed by atoms with E-state index in [2.05, 4.69) is 4.74 Å². The fourth-order valence-electron chi connectivity index (χ4n) is 2.20. The molecule has 0 aliphatic heterocycles. The molecular formula is C18H13F3O5. The van der Waals surface area contributed by atoms with Gasteiger partial charge in [0.2, 0.25) is 0 Å². The zero-order valence-corrected chi connectivity index (χ0v) is 13.5. The predicted molar refractivity (Wildman–Crippen MR) is 84.2 cm³/mol. The van der Waals surface area contributed by atoms with Crippen LogP contribution in [0.2, 0.25) is 0 Å². The Balaban J connectivity index is 2.14. The summed E-state index contributed by atoms with van der Waals surface area (Å²) in [7, 11) is 1.20. The number of hydrogen-bond donors (Lipinski definition) is 1. The Morgan fingerprint density at radius 3 is 2.04 bits per heavy atom. The minimum atomic E-state index is -4.66. The summed E-state index contributed by atoms with van der Waals surface area (Å²) in [6.07, 6.45) is -5.30. The quantitative estimate of drug-likeness (QED) is 0.496. The second-order valence-electron chi connectivity index (χ2n) is 5.32. The zero-order chi connectivity index (χ0) is 19.5. The van der Waals surface area contributed by atoms with Crippen LogP contribution in [0.25, 0.3) is 0 Å². The van der Waals surface area contributed by atoms with Crippen molar-refractivity contribution in [3.8, 4) is 5.75 Å². The average Bonchev–Trinajstić information content (AvgIpc) is 2.60. The van der Waals surface area contributed by atoms with Gasteiger partial charge >= 0.3 is 12.1 Å². The summed E-state index contributed by atoms with van der Waals surface area (Å²) in [5, 5.41) is 9.65. The maximum absolute atomic E-state index is 12.6. The molecule has 0 amide bonds. The number of aromatic hydroxyl groups is 1. The Kier molecular flexibility index (Phi) is 5.44. The van der Waals surface area contributed by atoms with E-state index in [0.29, 0.717) is 12.1 Å². The Morgan fingerprint density at radius 1 is 0.962 bits per heavy atom. The first-order chi connectivity index (χ1) is 12.1. The third-order valence-electron chi connectivity index (χ3n) is 3.57. The first-order valence-corrected chi connectivity index (χ1v) is 7.28. The molecule has 0 spiro atoms. The van der Waals surface area contributed by atoms with Crippen LogP contribution in [0.15, 0.2) is 42.5 Å². The van der Waals surface area contributed by atoms with Crippen molar-refractivity contribution in [3.63, 3.8) is 0 Å². The number of benzene rings is 2. The molecule has 2 aromatic carbocycles. The number of esters is 1. The summed E-state index contributed by atoms with van der Waals surface area (Å²) in [5.41, 5.74) is -1.12. The number of ether oxygens (including phenoxy) is 1. The van der Waals surface area contributed by atoms with E-state index in [1.165, 1.54) is 31.4 Å². The standard InChI is InChI=1S/C18H13F3O5/c1-26-17(25)11-4-2-10(3-5-11)14(22)9-16(24)13-7-6-12(8-15(13)23)18(19,20)21/h2-8,23H,9H2,1H3. The Hall–Kier alpha value is -3.16. The van der Waals surface area contributed by atoms with Gasteiger partial charge in [0.15, 0.2) is 11.6 Å². The van der Waals surface area contributed by atoms with Crippen LogP contribution in [0, 0.1) is 0 Å². The molecule has 0 radical (unpaired) electrons. The summed E-state index contributed by atoms with van der Waals surface area (Å²) in [6.45, 7) is 0. The van der Waals surface area contributed by atoms with E-state index in [1.54, 1.807) is 0 Å². The van der Waals surface area contributed by atoms with Gasteiger partial charge in [0.05, 0.1) is 30.2 Å². The number of carbonyl (C=O) groups is 3. The topological polar surface area (TPSA) is 80.7 Å². The van der Waals surface area contributed by atoms with Crippen molar-refractivity contribution in [2.24, 2.45) is 0 Å². The van der Waals surface area contributed by atoms with Gasteiger partial charge in [0.25, 0.3) is 0 Å². The fourth-order valence-corrected chi connectivity index (χ4v) is 2.20. The lowest BCUT2D eigenvalue weighted by Gasteiger charge is -2.09. The van der Waals surface area contributed by atoms with E-state index in [9.17, 15) is 32.7 Å². The highest BCUT2D eigenvalue weighted by Gasteiger charge is 2.31. The molecule has 0 aliphatic rings. The van der Waals surface area contributed by atoms with Crippen LogP contribution in [-0.4, -0.2) is 29.8 Å². The number of halogens is 3. The molecule has 0 fully saturated rings. The average molecular weight is 366 g/mol. The monoisotopic (exact) mass is 366 g/mol. The summed E-state index contributed by atoms with van der Waals surface area (Å²) in [5.74, 6) is -2.86. The van der Waals surface area contributed by atoms with Gasteiger partial charge in [-0.15, -0.1) is 0 Å². The van der Waals surface area contributed by atoms with Gasteiger partial charge in [0, 0.05) is 5.56 Å². The lowest BCUT2D eigenvalue weighted by molar-refractivity contribution is -0.137. The third kappa shape index (κ3) is 4.27. The van der Waals surface area contributed by atoms with E-state index >= 15 is 0 Å². The number of alkyl halides is 3. The highest BCUT2D eigenvalue weighted by molar-refractivity contribution is 6.14. The number of phenolic OH excluding ortho intramolecular Hbond substituents is 1. The van der Waals surface area contributed by atoms with Crippen LogP contribution in [0.1, 0.15) is 43.1 Å². The van der Waals surface area contributed by atoms with Crippen molar-refractivity contribution in [1.29, 1.82) is 0 Å². The van der Waals surface area contributed by atoms with E-state index in [0.717, 1.165) is 6.07 Å². The van der Waals surface area contributed by atoms with Crippen LogP contribution >= 0.6 is 0 Å². The third-order valence-corrected chi connectivity index (χ3v) is 3.57. The number of Topliss-reactive ketones (excluding diaryl/α,β-unsaturated/α-hetero) is 2.